The molecule has 1 heterocycles. The lowest BCUT2D eigenvalue weighted by Gasteiger charge is -2.26. The van der Waals surface area contributed by atoms with Crippen molar-refractivity contribution in [2.45, 2.75) is 83.0 Å². The predicted octanol–water partition coefficient (Wildman–Crippen LogP) is 7.23. The molecule has 2 aromatic carbocycles. The fraction of sp³-hybridized carbons (Fsp3) is 0.500. The van der Waals surface area contributed by atoms with Gasteiger partial charge in [-0.05, 0) is 72.6 Å². The number of rotatable bonds is 10. The van der Waals surface area contributed by atoms with Gasteiger partial charge in [0.2, 0.25) is 0 Å². The van der Waals surface area contributed by atoms with Crippen molar-refractivity contribution in [2.75, 3.05) is 19.5 Å². The normalized spacial score (nSPS) is 16.6. The van der Waals surface area contributed by atoms with Crippen LogP contribution in [0, 0.1) is 0 Å². The van der Waals surface area contributed by atoms with E-state index in [1.54, 1.807) is 18.2 Å². The number of methoxy groups -OCH3 is 1. The number of esters is 1. The summed E-state index contributed by atoms with van der Waals surface area (Å²) in [6, 6.07) is 11.0. The number of carbonyl (C=O) groups is 1. The van der Waals surface area contributed by atoms with Gasteiger partial charge in [-0.25, -0.2) is 13.2 Å². The number of carbonyl (C=O) groups excluding carboxylic acids is 1. The van der Waals surface area contributed by atoms with E-state index >= 15 is 0 Å². The largest absolute Gasteiger partial charge is 0.493 e. The molecule has 196 valence electrons. The lowest BCUT2D eigenvalue weighted by Crippen LogP contribution is -2.18. The van der Waals surface area contributed by atoms with Crippen LogP contribution in [0.1, 0.15) is 99.7 Å². The Bertz CT molecular complexity index is 1190. The summed E-state index contributed by atoms with van der Waals surface area (Å²) in [6.07, 6.45) is 9.12. The number of hydrogen-bond acceptors (Lipinski definition) is 5. The van der Waals surface area contributed by atoms with Crippen LogP contribution in [0.15, 0.2) is 41.3 Å². The van der Waals surface area contributed by atoms with Crippen LogP contribution in [0.5, 0.6) is 5.75 Å². The molecular weight excluding hydrogens is 472 g/mol. The second-order valence-electron chi connectivity index (χ2n) is 10.4. The molecule has 0 fully saturated rings. The Kier molecular flexibility index (Phi) is 9.40. The van der Waals surface area contributed by atoms with Crippen LogP contribution in [-0.4, -0.2) is 33.9 Å². The van der Waals surface area contributed by atoms with E-state index in [4.69, 9.17) is 9.47 Å². The monoisotopic (exact) mass is 512 g/mol. The SMILES string of the molecule is CCCCCCCOc1cc2c(cc1C(C)=Cc1ccc(C(=O)OC)cc1)C(C)(C)CCCS2(=O)=O. The van der Waals surface area contributed by atoms with Crippen molar-refractivity contribution in [1.29, 1.82) is 0 Å². The van der Waals surface area contributed by atoms with E-state index in [1.807, 2.05) is 31.2 Å². The van der Waals surface area contributed by atoms with Gasteiger partial charge in [-0.2, -0.15) is 0 Å². The van der Waals surface area contributed by atoms with Crippen LogP contribution < -0.4 is 4.74 Å². The van der Waals surface area contributed by atoms with Crippen LogP contribution in [0.4, 0.5) is 0 Å². The number of ether oxygens (including phenoxy) is 2. The molecule has 6 heteroatoms. The molecule has 0 bridgehead atoms. The predicted molar refractivity (Wildman–Crippen MR) is 146 cm³/mol. The molecular formula is C30H40O5S. The second-order valence-corrected chi connectivity index (χ2v) is 12.4. The zero-order chi connectivity index (χ0) is 26.3. The van der Waals surface area contributed by atoms with Crippen molar-refractivity contribution in [3.8, 4) is 5.75 Å². The first-order valence-corrected chi connectivity index (χ1v) is 14.7. The molecule has 0 unspecified atom stereocenters. The van der Waals surface area contributed by atoms with E-state index in [0.29, 0.717) is 29.2 Å². The van der Waals surface area contributed by atoms with Gasteiger partial charge in [0.15, 0.2) is 9.84 Å². The molecule has 5 nitrogen and oxygen atoms in total. The van der Waals surface area contributed by atoms with Crippen LogP contribution >= 0.6 is 0 Å². The topological polar surface area (TPSA) is 69.7 Å². The number of sulfone groups is 1. The van der Waals surface area contributed by atoms with Gasteiger partial charge in [0.1, 0.15) is 5.75 Å². The molecule has 0 radical (unpaired) electrons. The third kappa shape index (κ3) is 6.78. The first-order valence-electron chi connectivity index (χ1n) is 13.0. The van der Waals surface area contributed by atoms with Crippen molar-refractivity contribution >= 4 is 27.5 Å². The summed E-state index contributed by atoms with van der Waals surface area (Å²) in [5.41, 5.74) is 3.92. The summed E-state index contributed by atoms with van der Waals surface area (Å²) >= 11 is 0. The highest BCUT2D eigenvalue weighted by Gasteiger charge is 2.34. The van der Waals surface area contributed by atoms with Crippen LogP contribution in [-0.2, 0) is 20.0 Å². The minimum atomic E-state index is -3.37. The Hall–Kier alpha value is -2.60. The molecule has 0 atom stereocenters. The van der Waals surface area contributed by atoms with Crippen molar-refractivity contribution in [1.82, 2.24) is 0 Å². The molecule has 36 heavy (non-hydrogen) atoms. The summed E-state index contributed by atoms with van der Waals surface area (Å²) in [7, 11) is -2.01. The van der Waals surface area contributed by atoms with E-state index in [9.17, 15) is 13.2 Å². The van der Waals surface area contributed by atoms with Gasteiger partial charge in [0, 0.05) is 5.56 Å². The summed E-state index contributed by atoms with van der Waals surface area (Å²) in [4.78, 5) is 12.2. The molecule has 0 saturated heterocycles. The average Bonchev–Trinajstić information content (AvgIpc) is 2.93. The van der Waals surface area contributed by atoms with Crippen molar-refractivity contribution in [3.63, 3.8) is 0 Å². The lowest BCUT2D eigenvalue weighted by atomic mass is 9.79. The number of allylic oxidation sites excluding steroid dienone is 1. The minimum absolute atomic E-state index is 0.167. The van der Waals surface area contributed by atoms with Crippen molar-refractivity contribution < 1.29 is 22.7 Å². The standard InChI is InChI=1S/C30H40O5S/c1-6-7-8-9-10-17-35-27-21-28-26(30(3,4)16-11-18-36(28,32)33)20-25(27)22(2)19-23-12-14-24(15-13-23)29(31)34-5/h12-15,19-21H,6-11,16-18H2,1-5H3. The summed E-state index contributed by atoms with van der Waals surface area (Å²) < 4.78 is 37.3. The molecule has 0 saturated carbocycles. The molecule has 0 amide bonds. The fourth-order valence-electron chi connectivity index (χ4n) is 4.77. The highest BCUT2D eigenvalue weighted by Crippen LogP contribution is 2.42. The van der Waals surface area contributed by atoms with Crippen LogP contribution in [0.2, 0.25) is 0 Å². The number of hydrogen-bond donors (Lipinski definition) is 0. The zero-order valence-electron chi connectivity index (χ0n) is 22.4. The van der Waals surface area contributed by atoms with Gasteiger partial charge in [0.05, 0.1) is 29.9 Å². The zero-order valence-corrected chi connectivity index (χ0v) is 23.2. The Morgan fingerprint density at radius 2 is 1.75 bits per heavy atom. The van der Waals surface area contributed by atoms with Gasteiger partial charge < -0.3 is 9.47 Å². The molecule has 0 N–H and O–H groups in total. The maximum atomic E-state index is 13.2. The van der Waals surface area contributed by atoms with E-state index in [1.165, 1.54) is 26.4 Å². The third-order valence-corrected chi connectivity index (χ3v) is 8.84. The Balaban J connectivity index is 2.02. The Morgan fingerprint density at radius 1 is 1.06 bits per heavy atom. The van der Waals surface area contributed by atoms with Gasteiger partial charge in [-0.1, -0.05) is 64.7 Å². The molecule has 2 aromatic rings. The number of fused-ring (bicyclic) bond motifs is 1. The summed E-state index contributed by atoms with van der Waals surface area (Å²) in [5.74, 6) is 0.414. The number of benzene rings is 2. The van der Waals surface area contributed by atoms with Gasteiger partial charge in [0.25, 0.3) is 0 Å². The quantitative estimate of drug-likeness (QED) is 0.191. The van der Waals surface area contributed by atoms with Crippen LogP contribution in [0.25, 0.3) is 11.6 Å². The Labute approximate surface area is 216 Å². The number of unbranched alkanes of at least 4 members (excludes halogenated alkanes) is 4. The van der Waals surface area contributed by atoms with Crippen molar-refractivity contribution in [2.24, 2.45) is 0 Å². The molecule has 0 aliphatic carbocycles. The third-order valence-electron chi connectivity index (χ3n) is 7.01. The smallest absolute Gasteiger partial charge is 0.337 e. The Morgan fingerprint density at radius 3 is 2.42 bits per heavy atom. The van der Waals surface area contributed by atoms with E-state index in [2.05, 4.69) is 20.8 Å². The summed E-state index contributed by atoms with van der Waals surface area (Å²) in [5, 5.41) is 0. The lowest BCUT2D eigenvalue weighted by molar-refractivity contribution is 0.0600. The van der Waals surface area contributed by atoms with Crippen molar-refractivity contribution in [3.05, 3.63) is 58.7 Å². The highest BCUT2D eigenvalue weighted by atomic mass is 32.2. The molecule has 0 aromatic heterocycles. The first-order chi connectivity index (χ1) is 17.1. The highest BCUT2D eigenvalue weighted by molar-refractivity contribution is 7.91. The molecule has 1 aliphatic rings. The van der Waals surface area contributed by atoms with E-state index < -0.39 is 9.84 Å². The second kappa shape index (κ2) is 12.1. The van der Waals surface area contributed by atoms with Gasteiger partial charge in [-0.15, -0.1) is 0 Å². The molecule has 0 spiro atoms. The fourth-order valence-corrected chi connectivity index (χ4v) is 6.47. The first kappa shape index (κ1) is 28.0. The maximum Gasteiger partial charge on any atom is 0.337 e. The van der Waals surface area contributed by atoms with Crippen LogP contribution in [0.3, 0.4) is 0 Å². The van der Waals surface area contributed by atoms with E-state index in [-0.39, 0.29) is 17.1 Å². The molecule has 3 rings (SSSR count). The van der Waals surface area contributed by atoms with Gasteiger partial charge in [-0.3, -0.25) is 0 Å². The minimum Gasteiger partial charge on any atom is -0.493 e. The maximum absolute atomic E-state index is 13.2. The summed E-state index contributed by atoms with van der Waals surface area (Å²) in [6.45, 7) is 9.01. The van der Waals surface area contributed by atoms with E-state index in [0.717, 1.165) is 41.5 Å². The molecule has 1 aliphatic heterocycles. The average molecular weight is 513 g/mol. The van der Waals surface area contributed by atoms with Gasteiger partial charge >= 0.3 is 5.97 Å².